The molecule has 8 nitrogen and oxygen atoms in total. The molecule has 0 aliphatic carbocycles. The molecule has 2 heterocycles. The Hall–Kier alpha value is -2.74. The van der Waals surface area contributed by atoms with E-state index in [1.165, 1.54) is 4.68 Å². The van der Waals surface area contributed by atoms with Crippen LogP contribution in [0.5, 0.6) is 0 Å². The molecule has 1 amide bonds. The molecular formula is C15H15ClN6O2. The maximum Gasteiger partial charge on any atom is 0.277 e. The molecule has 0 saturated heterocycles. The van der Waals surface area contributed by atoms with Crippen molar-refractivity contribution in [1.82, 2.24) is 30.1 Å². The van der Waals surface area contributed by atoms with Crippen molar-refractivity contribution in [1.29, 1.82) is 0 Å². The summed E-state index contributed by atoms with van der Waals surface area (Å²) in [6.45, 7) is 2.93. The quantitative estimate of drug-likeness (QED) is 0.746. The Kier molecular flexibility index (Phi) is 4.57. The van der Waals surface area contributed by atoms with Gasteiger partial charge >= 0.3 is 0 Å². The Bertz CT molecular complexity index is 949. The molecule has 0 radical (unpaired) electrons. The second-order valence-corrected chi connectivity index (χ2v) is 5.48. The average molecular weight is 347 g/mol. The molecule has 0 aliphatic rings. The predicted octanol–water partition coefficient (Wildman–Crippen LogP) is 1.09. The lowest BCUT2D eigenvalue weighted by molar-refractivity contribution is 0.0946. The third kappa shape index (κ3) is 3.13. The van der Waals surface area contributed by atoms with Crippen molar-refractivity contribution in [3.63, 3.8) is 0 Å². The Morgan fingerprint density at radius 1 is 1.33 bits per heavy atom. The highest BCUT2D eigenvalue weighted by atomic mass is 35.5. The van der Waals surface area contributed by atoms with Gasteiger partial charge in [-0.15, -0.1) is 5.10 Å². The molecule has 3 rings (SSSR count). The molecule has 0 atom stereocenters. The molecular weight excluding hydrogens is 332 g/mol. The number of halogens is 1. The number of amides is 1. The monoisotopic (exact) mass is 346 g/mol. The molecule has 3 aromatic rings. The first-order chi connectivity index (χ1) is 11.6. The smallest absolute Gasteiger partial charge is 0.277 e. The zero-order valence-corrected chi connectivity index (χ0v) is 13.7. The fourth-order valence-corrected chi connectivity index (χ4v) is 2.48. The molecule has 0 unspecified atom stereocenters. The van der Waals surface area contributed by atoms with Gasteiger partial charge in [-0.2, -0.15) is 5.10 Å². The number of benzene rings is 1. The van der Waals surface area contributed by atoms with Gasteiger partial charge in [0.15, 0.2) is 5.69 Å². The number of carbonyl (C=O) groups is 1. The van der Waals surface area contributed by atoms with Gasteiger partial charge in [0, 0.05) is 19.3 Å². The second kappa shape index (κ2) is 6.79. The minimum atomic E-state index is -0.394. The van der Waals surface area contributed by atoms with E-state index in [2.05, 4.69) is 20.7 Å². The predicted molar refractivity (Wildman–Crippen MR) is 89.0 cm³/mol. The highest BCUT2D eigenvalue weighted by Crippen LogP contribution is 2.13. The number of hydrogen-bond acceptors (Lipinski definition) is 5. The van der Waals surface area contributed by atoms with Crippen LogP contribution in [0.2, 0.25) is 5.02 Å². The van der Waals surface area contributed by atoms with E-state index in [9.17, 15) is 9.59 Å². The second-order valence-electron chi connectivity index (χ2n) is 5.07. The van der Waals surface area contributed by atoms with E-state index >= 15 is 0 Å². The van der Waals surface area contributed by atoms with Gasteiger partial charge in [-0.25, -0.2) is 4.68 Å². The summed E-state index contributed by atoms with van der Waals surface area (Å²) < 4.78 is 2.80. The normalized spacial score (nSPS) is 10.9. The van der Waals surface area contributed by atoms with Crippen LogP contribution in [0.3, 0.4) is 0 Å². The molecule has 0 spiro atoms. The molecule has 0 fully saturated rings. The van der Waals surface area contributed by atoms with E-state index in [-0.39, 0.29) is 29.4 Å². The van der Waals surface area contributed by atoms with E-state index in [0.717, 1.165) is 0 Å². The van der Waals surface area contributed by atoms with Crippen molar-refractivity contribution in [3.8, 4) is 0 Å². The Morgan fingerprint density at radius 2 is 2.12 bits per heavy atom. The number of nitrogens with zero attached hydrogens (tertiary/aromatic N) is 5. The van der Waals surface area contributed by atoms with Crippen LogP contribution in [0.15, 0.2) is 35.3 Å². The van der Waals surface area contributed by atoms with Crippen molar-refractivity contribution in [2.75, 3.05) is 6.54 Å². The summed E-state index contributed by atoms with van der Waals surface area (Å²) in [5.74, 6) is -0.394. The highest BCUT2D eigenvalue weighted by molar-refractivity contribution is 6.33. The van der Waals surface area contributed by atoms with Crippen molar-refractivity contribution in [3.05, 3.63) is 51.5 Å². The van der Waals surface area contributed by atoms with Gasteiger partial charge in [0.25, 0.3) is 11.5 Å². The van der Waals surface area contributed by atoms with E-state index in [0.29, 0.717) is 17.4 Å². The first-order valence-electron chi connectivity index (χ1n) is 7.44. The van der Waals surface area contributed by atoms with Gasteiger partial charge in [-0.3, -0.25) is 14.3 Å². The van der Waals surface area contributed by atoms with Crippen LogP contribution < -0.4 is 10.9 Å². The van der Waals surface area contributed by atoms with Gasteiger partial charge in [0.2, 0.25) is 0 Å². The van der Waals surface area contributed by atoms with Crippen molar-refractivity contribution in [2.24, 2.45) is 0 Å². The first kappa shape index (κ1) is 16.1. The van der Waals surface area contributed by atoms with Gasteiger partial charge in [-0.1, -0.05) is 28.9 Å². The number of aryl methyl sites for hydroxylation is 1. The average Bonchev–Trinajstić information content (AvgIpc) is 2.98. The SMILES string of the molecule is CCn1cc(Cl)c(C(=O)NCCn2nnc3ccccc3c2=O)n1. The lowest BCUT2D eigenvalue weighted by atomic mass is 10.2. The van der Waals surface area contributed by atoms with Gasteiger partial charge in [0.1, 0.15) is 5.52 Å². The van der Waals surface area contributed by atoms with Crippen LogP contribution in [-0.4, -0.2) is 37.2 Å². The number of nitrogens with one attached hydrogen (secondary N) is 1. The van der Waals surface area contributed by atoms with Crippen LogP contribution >= 0.6 is 11.6 Å². The molecule has 2 aromatic heterocycles. The summed E-state index contributed by atoms with van der Waals surface area (Å²) in [6, 6.07) is 6.98. The molecule has 0 bridgehead atoms. The molecule has 0 saturated carbocycles. The highest BCUT2D eigenvalue weighted by Gasteiger charge is 2.15. The van der Waals surface area contributed by atoms with Crippen LogP contribution in [-0.2, 0) is 13.1 Å². The zero-order valence-electron chi connectivity index (χ0n) is 12.9. The van der Waals surface area contributed by atoms with E-state index < -0.39 is 5.91 Å². The fourth-order valence-electron chi connectivity index (χ4n) is 2.24. The molecule has 124 valence electrons. The number of carbonyl (C=O) groups excluding carboxylic acids is 1. The van der Waals surface area contributed by atoms with E-state index in [1.807, 2.05) is 6.92 Å². The van der Waals surface area contributed by atoms with Gasteiger partial charge < -0.3 is 5.32 Å². The Morgan fingerprint density at radius 3 is 2.88 bits per heavy atom. The Balaban J connectivity index is 1.68. The lowest BCUT2D eigenvalue weighted by Crippen LogP contribution is -2.33. The summed E-state index contributed by atoms with van der Waals surface area (Å²) in [5.41, 5.74) is 0.457. The minimum absolute atomic E-state index is 0.162. The van der Waals surface area contributed by atoms with E-state index in [1.54, 1.807) is 35.1 Å². The topological polar surface area (TPSA) is 94.7 Å². The standard InChI is InChI=1S/C15H15ClN6O2/c1-2-21-9-11(16)13(19-21)14(23)17-7-8-22-15(24)10-5-3-4-6-12(10)18-20-22/h3-6,9H,2,7-8H2,1H3,(H,17,23). The summed E-state index contributed by atoms with van der Waals surface area (Å²) in [5, 5.41) is 15.4. The first-order valence-corrected chi connectivity index (χ1v) is 7.81. The van der Waals surface area contributed by atoms with Crippen molar-refractivity contribution >= 4 is 28.4 Å². The number of fused-ring (bicyclic) bond motifs is 1. The fraction of sp³-hybridized carbons (Fsp3) is 0.267. The van der Waals surface area contributed by atoms with Gasteiger partial charge in [0.05, 0.1) is 17.0 Å². The summed E-state index contributed by atoms with van der Waals surface area (Å²) in [4.78, 5) is 24.4. The van der Waals surface area contributed by atoms with Crippen molar-refractivity contribution < 1.29 is 4.79 Å². The maximum atomic E-state index is 12.3. The van der Waals surface area contributed by atoms with Crippen LogP contribution in [0.1, 0.15) is 17.4 Å². The third-order valence-corrected chi connectivity index (χ3v) is 3.77. The van der Waals surface area contributed by atoms with E-state index in [4.69, 9.17) is 11.6 Å². The largest absolute Gasteiger partial charge is 0.349 e. The van der Waals surface area contributed by atoms with Crippen LogP contribution in [0.25, 0.3) is 10.9 Å². The molecule has 9 heteroatoms. The molecule has 1 N–H and O–H groups in total. The molecule has 1 aromatic carbocycles. The van der Waals surface area contributed by atoms with Crippen LogP contribution in [0, 0.1) is 0 Å². The number of aromatic nitrogens is 5. The lowest BCUT2D eigenvalue weighted by Gasteiger charge is -2.06. The van der Waals surface area contributed by atoms with Crippen LogP contribution in [0.4, 0.5) is 0 Å². The molecule has 24 heavy (non-hydrogen) atoms. The summed E-state index contributed by atoms with van der Waals surface area (Å²) >= 11 is 5.98. The number of hydrogen-bond donors (Lipinski definition) is 1. The third-order valence-electron chi connectivity index (χ3n) is 3.49. The summed E-state index contributed by atoms with van der Waals surface area (Å²) in [7, 11) is 0. The molecule has 0 aliphatic heterocycles. The Labute approximate surface area is 142 Å². The summed E-state index contributed by atoms with van der Waals surface area (Å²) in [6.07, 6.45) is 1.59. The number of rotatable bonds is 5. The van der Waals surface area contributed by atoms with Gasteiger partial charge in [-0.05, 0) is 19.1 Å². The zero-order chi connectivity index (χ0) is 17.1. The maximum absolute atomic E-state index is 12.3. The minimum Gasteiger partial charge on any atom is -0.349 e. The van der Waals surface area contributed by atoms with Crippen molar-refractivity contribution in [2.45, 2.75) is 20.0 Å².